The summed E-state index contributed by atoms with van der Waals surface area (Å²) in [4.78, 5) is 6.35. The van der Waals surface area contributed by atoms with Crippen molar-refractivity contribution in [3.05, 3.63) is 53.7 Å². The van der Waals surface area contributed by atoms with Gasteiger partial charge in [-0.3, -0.25) is 4.90 Å². The highest BCUT2D eigenvalue weighted by Gasteiger charge is 2.17. The van der Waals surface area contributed by atoms with Crippen LogP contribution in [-0.4, -0.2) is 42.8 Å². The Bertz CT molecular complexity index is 797. The standard InChI is InChI=1S/C16H19N3O3S/c1-23(20,21)12-15-17-16(22-18-15)11-19-9-7-14(8-10-19)13-5-3-2-4-6-13/h2-7H,8-12H2,1H3. The fourth-order valence-corrected chi connectivity index (χ4v) is 3.19. The summed E-state index contributed by atoms with van der Waals surface area (Å²) in [5, 5.41) is 3.72. The average molecular weight is 333 g/mol. The number of benzene rings is 1. The van der Waals surface area contributed by atoms with Crippen LogP contribution < -0.4 is 0 Å². The van der Waals surface area contributed by atoms with E-state index in [2.05, 4.69) is 33.2 Å². The molecular weight excluding hydrogens is 314 g/mol. The molecule has 0 saturated carbocycles. The van der Waals surface area contributed by atoms with Crippen LogP contribution in [-0.2, 0) is 22.1 Å². The average Bonchev–Trinajstić information content (AvgIpc) is 2.94. The van der Waals surface area contributed by atoms with E-state index in [1.54, 1.807) is 0 Å². The van der Waals surface area contributed by atoms with Gasteiger partial charge in [0.05, 0.1) is 6.54 Å². The van der Waals surface area contributed by atoms with Gasteiger partial charge < -0.3 is 4.52 Å². The van der Waals surface area contributed by atoms with Crippen molar-refractivity contribution in [1.82, 2.24) is 15.0 Å². The van der Waals surface area contributed by atoms with Crippen LogP contribution in [0.1, 0.15) is 23.7 Å². The maximum atomic E-state index is 11.2. The second-order valence-corrected chi connectivity index (χ2v) is 7.90. The summed E-state index contributed by atoms with van der Waals surface area (Å²) in [5.41, 5.74) is 2.62. The van der Waals surface area contributed by atoms with Crippen LogP contribution in [0.15, 0.2) is 40.9 Å². The summed E-state index contributed by atoms with van der Waals surface area (Å²) in [7, 11) is -3.14. The Morgan fingerprint density at radius 3 is 2.70 bits per heavy atom. The van der Waals surface area contributed by atoms with Crippen molar-refractivity contribution in [2.24, 2.45) is 0 Å². The molecule has 2 aromatic rings. The zero-order valence-electron chi connectivity index (χ0n) is 13.0. The van der Waals surface area contributed by atoms with Crippen molar-refractivity contribution in [2.45, 2.75) is 18.7 Å². The number of rotatable bonds is 5. The molecule has 0 unspecified atom stereocenters. The molecule has 0 spiro atoms. The fourth-order valence-electron chi connectivity index (χ4n) is 2.61. The topological polar surface area (TPSA) is 76.3 Å². The summed E-state index contributed by atoms with van der Waals surface area (Å²) in [6, 6.07) is 10.4. The van der Waals surface area contributed by atoms with Crippen LogP contribution in [0.2, 0.25) is 0 Å². The van der Waals surface area contributed by atoms with Gasteiger partial charge in [0.25, 0.3) is 0 Å². The zero-order chi connectivity index (χ0) is 16.3. The third kappa shape index (κ3) is 4.49. The van der Waals surface area contributed by atoms with E-state index in [4.69, 9.17) is 4.52 Å². The molecule has 0 fully saturated rings. The smallest absolute Gasteiger partial charge is 0.240 e. The van der Waals surface area contributed by atoms with Crippen molar-refractivity contribution in [3.63, 3.8) is 0 Å². The van der Waals surface area contributed by atoms with Gasteiger partial charge in [0.15, 0.2) is 15.7 Å². The van der Waals surface area contributed by atoms with Gasteiger partial charge in [-0.05, 0) is 17.6 Å². The van der Waals surface area contributed by atoms with Gasteiger partial charge in [-0.15, -0.1) is 0 Å². The van der Waals surface area contributed by atoms with E-state index in [9.17, 15) is 8.42 Å². The number of nitrogens with zero attached hydrogens (tertiary/aromatic N) is 3. The van der Waals surface area contributed by atoms with Gasteiger partial charge in [-0.2, -0.15) is 4.98 Å². The molecule has 1 aliphatic heterocycles. The molecule has 1 aromatic heterocycles. The maximum absolute atomic E-state index is 11.2. The first-order valence-corrected chi connectivity index (χ1v) is 9.52. The van der Waals surface area contributed by atoms with E-state index >= 15 is 0 Å². The number of aromatic nitrogens is 2. The Labute approximate surface area is 135 Å². The first kappa shape index (κ1) is 15.9. The monoisotopic (exact) mass is 333 g/mol. The first-order chi connectivity index (χ1) is 11.0. The lowest BCUT2D eigenvalue weighted by Crippen LogP contribution is -2.28. The lowest BCUT2D eigenvalue weighted by atomic mass is 10.00. The van der Waals surface area contributed by atoms with Crippen molar-refractivity contribution in [3.8, 4) is 0 Å². The highest BCUT2D eigenvalue weighted by molar-refractivity contribution is 7.89. The van der Waals surface area contributed by atoms with Gasteiger partial charge in [0, 0.05) is 19.3 Å². The van der Waals surface area contributed by atoms with E-state index < -0.39 is 9.84 Å². The molecule has 0 amide bonds. The Kier molecular flexibility index (Phi) is 4.58. The predicted octanol–water partition coefficient (Wildman–Crippen LogP) is 1.90. The summed E-state index contributed by atoms with van der Waals surface area (Å²) >= 11 is 0. The predicted molar refractivity (Wildman–Crippen MR) is 87.2 cm³/mol. The fraction of sp³-hybridized carbons (Fsp3) is 0.375. The molecule has 6 nitrogen and oxygen atoms in total. The van der Waals surface area contributed by atoms with Crippen LogP contribution in [0, 0.1) is 0 Å². The molecular formula is C16H19N3O3S. The van der Waals surface area contributed by atoms with Crippen LogP contribution in [0.3, 0.4) is 0 Å². The highest BCUT2D eigenvalue weighted by Crippen LogP contribution is 2.22. The van der Waals surface area contributed by atoms with Gasteiger partial charge in [0.2, 0.25) is 5.89 Å². The van der Waals surface area contributed by atoms with Crippen LogP contribution in [0.25, 0.3) is 5.57 Å². The number of sulfone groups is 1. The molecule has 0 N–H and O–H groups in total. The minimum absolute atomic E-state index is 0.186. The summed E-state index contributed by atoms with van der Waals surface area (Å²) < 4.78 is 27.6. The molecule has 7 heteroatoms. The molecule has 23 heavy (non-hydrogen) atoms. The molecule has 0 bridgehead atoms. The summed E-state index contributed by atoms with van der Waals surface area (Å²) in [6.45, 7) is 2.26. The zero-order valence-corrected chi connectivity index (χ0v) is 13.8. The highest BCUT2D eigenvalue weighted by atomic mass is 32.2. The van der Waals surface area contributed by atoms with Crippen molar-refractivity contribution < 1.29 is 12.9 Å². The lowest BCUT2D eigenvalue weighted by Gasteiger charge is -2.24. The van der Waals surface area contributed by atoms with Crippen LogP contribution in [0.4, 0.5) is 0 Å². The molecule has 2 heterocycles. The summed E-state index contributed by atoms with van der Waals surface area (Å²) in [6.07, 6.45) is 4.34. The second-order valence-electron chi connectivity index (χ2n) is 5.75. The Hall–Kier alpha value is -1.99. The Morgan fingerprint density at radius 1 is 1.26 bits per heavy atom. The van der Waals surface area contributed by atoms with Crippen LogP contribution >= 0.6 is 0 Å². The quantitative estimate of drug-likeness (QED) is 0.832. The van der Waals surface area contributed by atoms with Gasteiger partial charge in [-0.25, -0.2) is 8.42 Å². The van der Waals surface area contributed by atoms with Gasteiger partial charge >= 0.3 is 0 Å². The van der Waals surface area contributed by atoms with E-state index in [0.29, 0.717) is 12.4 Å². The lowest BCUT2D eigenvalue weighted by molar-refractivity contribution is 0.245. The molecule has 1 aromatic carbocycles. The molecule has 1 aliphatic rings. The molecule has 3 rings (SSSR count). The van der Waals surface area contributed by atoms with Gasteiger partial charge in [0.1, 0.15) is 5.75 Å². The molecule has 122 valence electrons. The van der Waals surface area contributed by atoms with E-state index in [-0.39, 0.29) is 11.6 Å². The maximum Gasteiger partial charge on any atom is 0.240 e. The van der Waals surface area contributed by atoms with Crippen LogP contribution in [0.5, 0.6) is 0 Å². The largest absolute Gasteiger partial charge is 0.338 e. The van der Waals surface area contributed by atoms with E-state index in [1.165, 1.54) is 11.1 Å². The van der Waals surface area contributed by atoms with E-state index in [1.807, 2.05) is 18.2 Å². The third-order valence-electron chi connectivity index (χ3n) is 3.70. The molecule has 0 aliphatic carbocycles. The molecule has 0 saturated heterocycles. The second kappa shape index (κ2) is 6.64. The van der Waals surface area contributed by atoms with Crippen molar-refractivity contribution >= 4 is 15.4 Å². The van der Waals surface area contributed by atoms with Crippen molar-refractivity contribution in [2.75, 3.05) is 19.3 Å². The summed E-state index contributed by atoms with van der Waals surface area (Å²) in [5.74, 6) is 0.495. The first-order valence-electron chi connectivity index (χ1n) is 7.45. The SMILES string of the molecule is CS(=O)(=O)Cc1noc(CN2CC=C(c3ccccc3)CC2)n1. The minimum Gasteiger partial charge on any atom is -0.338 e. The number of hydrogen-bond donors (Lipinski definition) is 0. The normalized spacial score (nSPS) is 16.3. The number of hydrogen-bond acceptors (Lipinski definition) is 6. The Balaban J connectivity index is 1.60. The molecule has 0 atom stereocenters. The Morgan fingerprint density at radius 2 is 2.04 bits per heavy atom. The van der Waals surface area contributed by atoms with Gasteiger partial charge in [-0.1, -0.05) is 41.6 Å². The van der Waals surface area contributed by atoms with Crippen molar-refractivity contribution in [1.29, 1.82) is 0 Å². The minimum atomic E-state index is -3.14. The molecule has 0 radical (unpaired) electrons. The van der Waals surface area contributed by atoms with E-state index in [0.717, 1.165) is 25.8 Å². The third-order valence-corrected chi connectivity index (χ3v) is 4.48.